The van der Waals surface area contributed by atoms with Crippen LogP contribution in [0.1, 0.15) is 13.8 Å². The topological polar surface area (TPSA) is 55.4 Å². The van der Waals surface area contributed by atoms with Gasteiger partial charge in [-0.25, -0.2) is 0 Å². The van der Waals surface area contributed by atoms with Crippen LogP contribution in [0, 0.1) is 0 Å². The van der Waals surface area contributed by atoms with E-state index in [-0.39, 0.29) is 0 Å². The first kappa shape index (κ1) is 17.9. The summed E-state index contributed by atoms with van der Waals surface area (Å²) in [5, 5.41) is 0. The first-order chi connectivity index (χ1) is 8.52. The third-order valence-electron chi connectivity index (χ3n) is 2.48. The molecule has 0 radical (unpaired) electrons. The van der Waals surface area contributed by atoms with Gasteiger partial charge in [-0.1, -0.05) is 6.58 Å². The highest BCUT2D eigenvalue weighted by Crippen LogP contribution is 2.28. The minimum Gasteiger partial charge on any atom is -0.374 e. The third kappa shape index (κ3) is 3.48. The smallest absolute Gasteiger partial charge is 0.374 e. The highest BCUT2D eigenvalue weighted by molar-refractivity contribution is 6.91. The summed E-state index contributed by atoms with van der Waals surface area (Å²) in [6.07, 6.45) is 0. The Morgan fingerprint density at radius 1 is 0.778 bits per heavy atom. The van der Waals surface area contributed by atoms with Gasteiger partial charge in [-0.15, -0.1) is 0 Å². The lowest BCUT2D eigenvalue weighted by molar-refractivity contribution is 0.0926. The van der Waals surface area contributed by atoms with Gasteiger partial charge in [0, 0.05) is 41.7 Å². The van der Waals surface area contributed by atoms with Crippen LogP contribution in [0.5, 0.6) is 0 Å². The molecular weight excluding hydrogens is 272 g/mol. The monoisotopic (exact) mass is 296 g/mol. The average Bonchev–Trinajstić information content (AvgIpc) is 2.42. The van der Waals surface area contributed by atoms with Gasteiger partial charge in [0.15, 0.2) is 0 Å². The second-order valence-electron chi connectivity index (χ2n) is 3.27. The van der Waals surface area contributed by atoms with Crippen molar-refractivity contribution in [2.75, 3.05) is 41.7 Å². The average molecular weight is 296 g/mol. The maximum absolute atomic E-state index is 5.64. The van der Waals surface area contributed by atoms with E-state index in [0.29, 0.717) is 18.0 Å². The Hall–Kier alpha value is -0.0662. The molecule has 0 fully saturated rings. The van der Waals surface area contributed by atoms with E-state index in [1.165, 1.54) is 28.4 Å². The lowest BCUT2D eigenvalue weighted by Crippen LogP contribution is -2.60. The van der Waals surface area contributed by atoms with Gasteiger partial charge in [-0.2, -0.15) is 0 Å². The van der Waals surface area contributed by atoms with Crippen LogP contribution < -0.4 is 0 Å². The minimum atomic E-state index is -3.07. The summed E-state index contributed by atoms with van der Waals surface area (Å²) in [6, 6.07) is 0. The van der Waals surface area contributed by atoms with Crippen LogP contribution in [-0.4, -0.2) is 59.3 Å². The molecule has 0 unspecified atom stereocenters. The quantitative estimate of drug-likeness (QED) is 0.564. The van der Waals surface area contributed by atoms with Gasteiger partial charge in [0.2, 0.25) is 0 Å². The number of hydrogen-bond acceptors (Lipinski definition) is 6. The molecule has 0 bridgehead atoms. The second-order valence-corrected chi connectivity index (χ2v) is 9.42. The lowest BCUT2D eigenvalue weighted by Gasteiger charge is -2.35. The fourth-order valence-corrected chi connectivity index (χ4v) is 7.69. The summed E-state index contributed by atoms with van der Waals surface area (Å²) in [4.78, 5) is 0.508. The van der Waals surface area contributed by atoms with Crippen LogP contribution in [-0.2, 0) is 26.6 Å². The zero-order valence-corrected chi connectivity index (χ0v) is 14.1. The molecule has 0 N–H and O–H groups in total. The van der Waals surface area contributed by atoms with Crippen molar-refractivity contribution in [2.24, 2.45) is 0 Å². The van der Waals surface area contributed by atoms with Crippen molar-refractivity contribution in [3.05, 3.63) is 11.4 Å². The molecule has 0 aromatic rings. The van der Waals surface area contributed by atoms with E-state index in [9.17, 15) is 0 Å². The van der Waals surface area contributed by atoms with Gasteiger partial charge in [0.25, 0.3) is 0 Å². The fourth-order valence-electron chi connectivity index (χ4n) is 1.64. The summed E-state index contributed by atoms with van der Waals surface area (Å²) < 4.78 is 33.0. The normalized spacial score (nSPS) is 12.8. The predicted molar refractivity (Wildman–Crippen MR) is 71.9 cm³/mol. The molecule has 0 saturated heterocycles. The van der Waals surface area contributed by atoms with Crippen LogP contribution in [0.15, 0.2) is 11.4 Å². The van der Waals surface area contributed by atoms with E-state index in [0.717, 1.165) is 0 Å². The third-order valence-corrected chi connectivity index (χ3v) is 9.29. The van der Waals surface area contributed by atoms with E-state index in [2.05, 4.69) is 6.58 Å². The molecule has 0 aromatic heterocycles. The standard InChI is InChI=1S/C10H24O6Si2/c1-8-15-17(11-4,12-5)10(3)18(13-6,14-7)16-9-2/h3,8-9H2,1-2,4-7H3. The van der Waals surface area contributed by atoms with Gasteiger partial charge >= 0.3 is 17.6 Å². The van der Waals surface area contributed by atoms with Crippen molar-refractivity contribution < 1.29 is 26.6 Å². The van der Waals surface area contributed by atoms with Crippen LogP contribution in [0.2, 0.25) is 0 Å². The van der Waals surface area contributed by atoms with E-state index in [1.807, 2.05) is 13.8 Å². The molecule has 0 saturated carbocycles. The maximum atomic E-state index is 5.64. The van der Waals surface area contributed by atoms with Crippen molar-refractivity contribution >= 4 is 17.6 Å². The molecule has 0 atom stereocenters. The Balaban J connectivity index is 5.36. The molecule has 0 aromatic carbocycles. The van der Waals surface area contributed by atoms with E-state index < -0.39 is 17.6 Å². The van der Waals surface area contributed by atoms with Gasteiger partial charge in [-0.05, 0) is 13.8 Å². The van der Waals surface area contributed by atoms with Crippen LogP contribution in [0.25, 0.3) is 0 Å². The van der Waals surface area contributed by atoms with Gasteiger partial charge in [0.05, 0.1) is 4.82 Å². The van der Waals surface area contributed by atoms with Crippen molar-refractivity contribution in [1.82, 2.24) is 0 Å². The highest BCUT2D eigenvalue weighted by Gasteiger charge is 2.59. The van der Waals surface area contributed by atoms with Crippen LogP contribution in [0.3, 0.4) is 0 Å². The summed E-state index contributed by atoms with van der Waals surface area (Å²) in [5.74, 6) is 0. The zero-order valence-electron chi connectivity index (χ0n) is 12.1. The molecule has 108 valence electrons. The molecule has 0 amide bonds. The van der Waals surface area contributed by atoms with Gasteiger partial charge in [0.1, 0.15) is 0 Å². The molecule has 0 aliphatic carbocycles. The second kappa shape index (κ2) is 8.17. The van der Waals surface area contributed by atoms with Crippen molar-refractivity contribution in [2.45, 2.75) is 13.8 Å². The van der Waals surface area contributed by atoms with E-state index >= 15 is 0 Å². The van der Waals surface area contributed by atoms with Crippen molar-refractivity contribution in [1.29, 1.82) is 0 Å². The molecule has 0 aliphatic heterocycles. The minimum absolute atomic E-state index is 0.441. The fraction of sp³-hybridized carbons (Fsp3) is 0.800. The number of hydrogen-bond donors (Lipinski definition) is 0. The molecule has 0 spiro atoms. The predicted octanol–water partition coefficient (Wildman–Crippen LogP) is 1.16. The molecule has 0 aliphatic rings. The van der Waals surface area contributed by atoms with Crippen LogP contribution in [0.4, 0.5) is 0 Å². The Bertz CT molecular complexity index is 229. The SMILES string of the molecule is C=C([Si](OC)(OC)OCC)[Si](OC)(OC)OCC. The Labute approximate surface area is 112 Å². The summed E-state index contributed by atoms with van der Waals surface area (Å²) >= 11 is 0. The molecular formula is C10H24O6Si2. The van der Waals surface area contributed by atoms with Crippen LogP contribution >= 0.6 is 0 Å². The highest BCUT2D eigenvalue weighted by atomic mass is 28.5. The van der Waals surface area contributed by atoms with E-state index in [1.54, 1.807) is 0 Å². The largest absolute Gasteiger partial charge is 0.535 e. The molecule has 0 rings (SSSR count). The molecule has 8 heteroatoms. The lowest BCUT2D eigenvalue weighted by atomic mass is 10.9. The van der Waals surface area contributed by atoms with E-state index in [4.69, 9.17) is 26.6 Å². The Morgan fingerprint density at radius 2 is 1.06 bits per heavy atom. The van der Waals surface area contributed by atoms with Crippen molar-refractivity contribution in [3.8, 4) is 0 Å². The zero-order chi connectivity index (χ0) is 14.2. The summed E-state index contributed by atoms with van der Waals surface area (Å²) in [5.41, 5.74) is 0. The van der Waals surface area contributed by atoms with Gasteiger partial charge < -0.3 is 26.6 Å². The van der Waals surface area contributed by atoms with Crippen molar-refractivity contribution in [3.63, 3.8) is 0 Å². The first-order valence-electron chi connectivity index (χ1n) is 5.70. The summed E-state index contributed by atoms with van der Waals surface area (Å²) in [7, 11) is -0.0550. The maximum Gasteiger partial charge on any atom is 0.535 e. The number of rotatable bonds is 10. The Morgan fingerprint density at radius 3 is 1.22 bits per heavy atom. The first-order valence-corrected chi connectivity index (χ1v) is 9.15. The molecule has 18 heavy (non-hydrogen) atoms. The molecule has 0 heterocycles. The van der Waals surface area contributed by atoms with Gasteiger partial charge in [-0.3, -0.25) is 0 Å². The Kier molecular flexibility index (Phi) is 8.14. The molecule has 6 nitrogen and oxygen atoms in total. The summed E-state index contributed by atoms with van der Waals surface area (Å²) in [6.45, 7) is 8.59.